The summed E-state index contributed by atoms with van der Waals surface area (Å²) in [6.45, 7) is 4.08. The quantitative estimate of drug-likeness (QED) is 0.584. The standard InChI is InChI=1S/C20H21ClF3N3O4/c1-11(6-7-25-17(29)10-16(28)12-2-4-14(21)5-3-12)18-26-27-19(30-18)13-8-15(9-13)31-20(22,23)24/h2-5,13,15-16,28H,1,6-10H2,(H,25,29)/t13?,15?,16-/m1/s1. The van der Waals surface area contributed by atoms with E-state index >= 15 is 0 Å². The number of carbonyl (C=O) groups is 1. The largest absolute Gasteiger partial charge is 0.522 e. The van der Waals surface area contributed by atoms with Crippen LogP contribution >= 0.6 is 11.6 Å². The molecule has 0 radical (unpaired) electrons. The van der Waals surface area contributed by atoms with Crippen molar-refractivity contribution in [1.29, 1.82) is 0 Å². The Morgan fingerprint density at radius 3 is 2.65 bits per heavy atom. The van der Waals surface area contributed by atoms with E-state index in [4.69, 9.17) is 16.0 Å². The Morgan fingerprint density at radius 1 is 1.32 bits per heavy atom. The van der Waals surface area contributed by atoms with Gasteiger partial charge in [-0.2, -0.15) is 0 Å². The first-order chi connectivity index (χ1) is 14.6. The number of nitrogens with one attached hydrogen (secondary N) is 1. The number of aliphatic hydroxyl groups is 1. The van der Waals surface area contributed by atoms with Crippen LogP contribution in [0.3, 0.4) is 0 Å². The summed E-state index contributed by atoms with van der Waals surface area (Å²) in [4.78, 5) is 12.0. The van der Waals surface area contributed by atoms with Crippen molar-refractivity contribution in [3.63, 3.8) is 0 Å². The van der Waals surface area contributed by atoms with E-state index in [1.807, 2.05) is 0 Å². The van der Waals surface area contributed by atoms with Crippen molar-refractivity contribution < 1.29 is 32.2 Å². The molecule has 7 nitrogen and oxygen atoms in total. The molecule has 1 aliphatic carbocycles. The van der Waals surface area contributed by atoms with Crippen LogP contribution in [0.25, 0.3) is 5.57 Å². The molecule has 0 aliphatic heterocycles. The van der Waals surface area contributed by atoms with E-state index in [1.165, 1.54) is 0 Å². The third-order valence-corrected chi connectivity index (χ3v) is 5.12. The van der Waals surface area contributed by atoms with Gasteiger partial charge in [-0.05, 0) is 37.0 Å². The maximum Gasteiger partial charge on any atom is 0.522 e. The summed E-state index contributed by atoms with van der Waals surface area (Å²) in [5.74, 6) is -0.207. The molecule has 1 aromatic carbocycles. The van der Waals surface area contributed by atoms with Crippen LogP contribution in [0.2, 0.25) is 5.02 Å². The average molecular weight is 460 g/mol. The minimum atomic E-state index is -4.65. The molecule has 31 heavy (non-hydrogen) atoms. The predicted molar refractivity (Wildman–Crippen MR) is 105 cm³/mol. The lowest BCUT2D eigenvalue weighted by atomic mass is 9.82. The molecule has 11 heteroatoms. The van der Waals surface area contributed by atoms with Gasteiger partial charge in [-0.3, -0.25) is 9.53 Å². The molecule has 0 bridgehead atoms. The second-order valence-electron chi connectivity index (χ2n) is 7.27. The van der Waals surface area contributed by atoms with Gasteiger partial charge in [0.25, 0.3) is 0 Å². The lowest BCUT2D eigenvalue weighted by Crippen LogP contribution is -2.34. The van der Waals surface area contributed by atoms with Crippen molar-refractivity contribution in [2.45, 2.75) is 50.2 Å². The van der Waals surface area contributed by atoms with Gasteiger partial charge in [0.2, 0.25) is 17.7 Å². The molecule has 1 atom stereocenters. The first-order valence-electron chi connectivity index (χ1n) is 9.57. The highest BCUT2D eigenvalue weighted by Gasteiger charge is 2.42. The maximum atomic E-state index is 12.2. The number of hydrogen-bond donors (Lipinski definition) is 2. The van der Waals surface area contributed by atoms with Gasteiger partial charge in [0, 0.05) is 23.1 Å². The fourth-order valence-electron chi connectivity index (χ4n) is 3.11. The molecule has 1 aliphatic rings. The Balaban J connectivity index is 1.38. The topological polar surface area (TPSA) is 97.5 Å². The van der Waals surface area contributed by atoms with Crippen LogP contribution in [-0.2, 0) is 9.53 Å². The second-order valence-corrected chi connectivity index (χ2v) is 7.71. The third kappa shape index (κ3) is 6.78. The Morgan fingerprint density at radius 2 is 2.00 bits per heavy atom. The number of nitrogens with zero attached hydrogens (tertiary/aromatic N) is 2. The van der Waals surface area contributed by atoms with E-state index in [-0.39, 0.29) is 49.4 Å². The van der Waals surface area contributed by atoms with E-state index in [9.17, 15) is 23.1 Å². The Bertz CT molecular complexity index is 911. The Hall–Kier alpha value is -2.43. The molecule has 1 saturated carbocycles. The summed E-state index contributed by atoms with van der Waals surface area (Å²) in [5, 5.41) is 21.1. The molecule has 1 heterocycles. The van der Waals surface area contributed by atoms with E-state index < -0.39 is 18.6 Å². The smallest absolute Gasteiger partial charge is 0.421 e. The molecule has 168 valence electrons. The van der Waals surface area contributed by atoms with Crippen LogP contribution < -0.4 is 5.32 Å². The summed E-state index contributed by atoms with van der Waals surface area (Å²) in [7, 11) is 0. The molecule has 1 fully saturated rings. The van der Waals surface area contributed by atoms with Gasteiger partial charge in [-0.25, -0.2) is 0 Å². The zero-order valence-corrected chi connectivity index (χ0v) is 17.1. The number of halogens is 4. The normalized spacial score (nSPS) is 19.5. The zero-order valence-electron chi connectivity index (χ0n) is 16.4. The summed E-state index contributed by atoms with van der Waals surface area (Å²) in [5.41, 5.74) is 1.07. The van der Waals surface area contributed by atoms with Crippen LogP contribution in [0.15, 0.2) is 35.3 Å². The van der Waals surface area contributed by atoms with Crippen LogP contribution in [-0.4, -0.2) is 40.2 Å². The minimum absolute atomic E-state index is 0.109. The molecule has 2 N–H and O–H groups in total. The van der Waals surface area contributed by atoms with E-state index in [0.717, 1.165) is 0 Å². The molecule has 1 amide bonds. The molecule has 2 aromatic rings. The van der Waals surface area contributed by atoms with E-state index in [1.54, 1.807) is 24.3 Å². The fourth-order valence-corrected chi connectivity index (χ4v) is 3.23. The van der Waals surface area contributed by atoms with Gasteiger partial charge < -0.3 is 14.8 Å². The number of rotatable bonds is 9. The Kier molecular flexibility index (Phi) is 7.34. The van der Waals surface area contributed by atoms with Crippen molar-refractivity contribution >= 4 is 23.1 Å². The van der Waals surface area contributed by atoms with Crippen molar-refractivity contribution in [3.05, 3.63) is 53.2 Å². The third-order valence-electron chi connectivity index (χ3n) is 4.87. The van der Waals surface area contributed by atoms with Gasteiger partial charge in [0.05, 0.1) is 18.6 Å². The van der Waals surface area contributed by atoms with Crippen molar-refractivity contribution in [2.75, 3.05) is 6.54 Å². The second kappa shape index (κ2) is 9.80. The van der Waals surface area contributed by atoms with Crippen LogP contribution in [0.4, 0.5) is 13.2 Å². The number of aromatic nitrogens is 2. The van der Waals surface area contributed by atoms with Gasteiger partial charge in [0.15, 0.2) is 0 Å². The highest BCUT2D eigenvalue weighted by atomic mass is 35.5. The summed E-state index contributed by atoms with van der Waals surface area (Å²) >= 11 is 5.80. The van der Waals surface area contributed by atoms with Crippen molar-refractivity contribution in [3.8, 4) is 0 Å². The predicted octanol–water partition coefficient (Wildman–Crippen LogP) is 4.15. The average Bonchev–Trinajstić information content (AvgIpc) is 3.13. The van der Waals surface area contributed by atoms with E-state index in [0.29, 0.717) is 22.6 Å². The molecule has 3 rings (SSSR count). The number of aliphatic hydroxyl groups excluding tert-OH is 1. The molecule has 0 unspecified atom stereocenters. The van der Waals surface area contributed by atoms with Crippen molar-refractivity contribution in [1.82, 2.24) is 15.5 Å². The number of amides is 1. The lowest BCUT2D eigenvalue weighted by Gasteiger charge is -2.32. The number of alkyl halides is 3. The van der Waals surface area contributed by atoms with Gasteiger partial charge >= 0.3 is 6.36 Å². The summed E-state index contributed by atoms with van der Waals surface area (Å²) < 4.78 is 46.0. The lowest BCUT2D eigenvalue weighted by molar-refractivity contribution is -0.352. The van der Waals surface area contributed by atoms with Crippen LogP contribution in [0.5, 0.6) is 0 Å². The first kappa shape index (κ1) is 23.2. The zero-order chi connectivity index (χ0) is 22.6. The minimum Gasteiger partial charge on any atom is -0.421 e. The molecule has 0 spiro atoms. The van der Waals surface area contributed by atoms with Gasteiger partial charge in [0.1, 0.15) is 0 Å². The number of benzene rings is 1. The molecule has 0 saturated heterocycles. The highest BCUT2D eigenvalue weighted by Crippen LogP contribution is 2.41. The highest BCUT2D eigenvalue weighted by molar-refractivity contribution is 6.30. The van der Waals surface area contributed by atoms with Crippen LogP contribution in [0.1, 0.15) is 55.1 Å². The fraction of sp³-hybridized carbons (Fsp3) is 0.450. The van der Waals surface area contributed by atoms with Gasteiger partial charge in [-0.1, -0.05) is 30.3 Å². The monoisotopic (exact) mass is 459 g/mol. The SMILES string of the molecule is C=C(CCNC(=O)C[C@@H](O)c1ccc(Cl)cc1)c1nnc(C2CC(OC(F)(F)F)C2)o1. The summed E-state index contributed by atoms with van der Waals surface area (Å²) in [6.07, 6.45) is -5.98. The Labute approximate surface area is 181 Å². The maximum absolute atomic E-state index is 12.2. The number of hydrogen-bond acceptors (Lipinski definition) is 6. The summed E-state index contributed by atoms with van der Waals surface area (Å²) in [6, 6.07) is 6.56. The van der Waals surface area contributed by atoms with Gasteiger partial charge in [-0.15, -0.1) is 23.4 Å². The molecule has 1 aromatic heterocycles. The first-order valence-corrected chi connectivity index (χ1v) is 9.95. The molecular weight excluding hydrogens is 439 g/mol. The number of ether oxygens (including phenoxy) is 1. The van der Waals surface area contributed by atoms with Crippen LogP contribution in [0, 0.1) is 0 Å². The molecular formula is C20H21ClF3N3O4. The van der Waals surface area contributed by atoms with Crippen molar-refractivity contribution in [2.24, 2.45) is 0 Å². The number of carbonyl (C=O) groups excluding carboxylic acids is 1. The van der Waals surface area contributed by atoms with E-state index in [2.05, 4.69) is 26.8 Å².